The average Bonchev–Trinajstić information content (AvgIpc) is 2.98. The molecule has 0 spiro atoms. The number of H-pyrrole nitrogens is 1. The molecule has 0 atom stereocenters. The molecule has 0 radical (unpaired) electrons. The van der Waals surface area contributed by atoms with Crippen LogP contribution in [-0.2, 0) is 0 Å². The second-order valence-corrected chi connectivity index (χ2v) is 5.29. The molecule has 0 aliphatic rings. The highest BCUT2D eigenvalue weighted by Gasteiger charge is 2.11. The van der Waals surface area contributed by atoms with Gasteiger partial charge in [0.1, 0.15) is 5.82 Å². The van der Waals surface area contributed by atoms with E-state index < -0.39 is 0 Å². The lowest BCUT2D eigenvalue weighted by Gasteiger charge is -2.06. The summed E-state index contributed by atoms with van der Waals surface area (Å²) in [6.07, 6.45) is 1.75. The van der Waals surface area contributed by atoms with E-state index in [-0.39, 0.29) is 5.56 Å². The monoisotopic (exact) mass is 302 g/mol. The van der Waals surface area contributed by atoms with Crippen LogP contribution in [0.25, 0.3) is 28.1 Å². The number of hydrogen-bond acceptors (Lipinski definition) is 3. The molecule has 4 rings (SSSR count). The molecule has 5 nitrogen and oxygen atoms in total. The van der Waals surface area contributed by atoms with E-state index in [1.54, 1.807) is 29.0 Å². The van der Waals surface area contributed by atoms with Crippen LogP contribution in [0.1, 0.15) is 0 Å². The zero-order valence-electron chi connectivity index (χ0n) is 12.2. The first-order valence-corrected chi connectivity index (χ1v) is 7.25. The molecule has 112 valence electrons. The number of fused-ring (bicyclic) bond motifs is 1. The van der Waals surface area contributed by atoms with Gasteiger partial charge in [0.25, 0.3) is 5.56 Å². The van der Waals surface area contributed by atoms with Crippen molar-refractivity contribution in [2.75, 3.05) is 5.73 Å². The van der Waals surface area contributed by atoms with Crippen molar-refractivity contribution >= 4 is 16.7 Å². The first kappa shape index (κ1) is 13.3. The number of para-hydroxylation sites is 1. The summed E-state index contributed by atoms with van der Waals surface area (Å²) in [7, 11) is 0. The molecule has 0 amide bonds. The highest BCUT2D eigenvalue weighted by Crippen LogP contribution is 2.20. The van der Waals surface area contributed by atoms with Crippen molar-refractivity contribution in [1.29, 1.82) is 0 Å². The van der Waals surface area contributed by atoms with Crippen molar-refractivity contribution in [2.45, 2.75) is 0 Å². The van der Waals surface area contributed by atoms with E-state index in [1.165, 1.54) is 0 Å². The summed E-state index contributed by atoms with van der Waals surface area (Å²) in [5, 5.41) is 0. The highest BCUT2D eigenvalue weighted by molar-refractivity contribution is 5.82. The highest BCUT2D eigenvalue weighted by atomic mass is 16.1. The minimum atomic E-state index is -0.120. The van der Waals surface area contributed by atoms with Crippen LogP contribution in [-0.4, -0.2) is 14.5 Å². The zero-order chi connectivity index (χ0) is 15.8. The van der Waals surface area contributed by atoms with Crippen LogP contribution in [0.3, 0.4) is 0 Å². The van der Waals surface area contributed by atoms with E-state index in [0.29, 0.717) is 17.1 Å². The molecule has 0 saturated heterocycles. The van der Waals surface area contributed by atoms with E-state index in [9.17, 15) is 4.79 Å². The Bertz CT molecular complexity index is 1050. The first-order chi connectivity index (χ1) is 11.2. The molecule has 0 fully saturated rings. The molecule has 2 aromatic heterocycles. The van der Waals surface area contributed by atoms with Crippen LogP contribution in [0.15, 0.2) is 71.7 Å². The van der Waals surface area contributed by atoms with Crippen molar-refractivity contribution in [3.05, 3.63) is 77.2 Å². The molecule has 4 aromatic rings. The van der Waals surface area contributed by atoms with E-state index in [0.717, 1.165) is 16.7 Å². The van der Waals surface area contributed by atoms with Gasteiger partial charge in [-0.15, -0.1) is 0 Å². The van der Waals surface area contributed by atoms with E-state index in [1.807, 2.05) is 42.5 Å². The SMILES string of the molecule is Nc1ccc2[nH]c(-c3cccn(-c4ccccc4)c3=O)nc2c1. The first-order valence-electron chi connectivity index (χ1n) is 7.25. The summed E-state index contributed by atoms with van der Waals surface area (Å²) in [6, 6.07) is 18.6. The number of rotatable bonds is 2. The number of aromatic nitrogens is 3. The Morgan fingerprint density at radius 1 is 1.00 bits per heavy atom. The molecule has 2 aromatic carbocycles. The van der Waals surface area contributed by atoms with Gasteiger partial charge in [-0.1, -0.05) is 18.2 Å². The number of nitrogens with zero attached hydrogens (tertiary/aromatic N) is 2. The number of nitrogens with one attached hydrogen (secondary N) is 1. The van der Waals surface area contributed by atoms with Gasteiger partial charge in [0, 0.05) is 17.6 Å². The van der Waals surface area contributed by atoms with Crippen molar-refractivity contribution in [3.63, 3.8) is 0 Å². The Labute approximate surface area is 132 Å². The van der Waals surface area contributed by atoms with E-state index in [4.69, 9.17) is 5.73 Å². The van der Waals surface area contributed by atoms with Gasteiger partial charge in [-0.05, 0) is 42.5 Å². The number of benzene rings is 2. The van der Waals surface area contributed by atoms with Crippen LogP contribution in [0.2, 0.25) is 0 Å². The standard InChI is InChI=1S/C18H14N4O/c19-12-8-9-15-16(11-12)21-17(20-15)14-7-4-10-22(18(14)23)13-5-2-1-3-6-13/h1-11H,19H2,(H,20,21). The van der Waals surface area contributed by atoms with E-state index >= 15 is 0 Å². The Kier molecular flexibility index (Phi) is 2.98. The Morgan fingerprint density at radius 3 is 2.65 bits per heavy atom. The summed E-state index contributed by atoms with van der Waals surface area (Å²) in [5.74, 6) is 0.542. The molecule has 0 unspecified atom stereocenters. The fraction of sp³-hybridized carbons (Fsp3) is 0. The maximum absolute atomic E-state index is 12.8. The van der Waals surface area contributed by atoms with Gasteiger partial charge in [-0.25, -0.2) is 4.98 Å². The van der Waals surface area contributed by atoms with Crippen LogP contribution in [0, 0.1) is 0 Å². The molecular weight excluding hydrogens is 288 g/mol. The minimum Gasteiger partial charge on any atom is -0.399 e. The predicted octanol–water partition coefficient (Wildman–Crippen LogP) is 2.96. The number of pyridine rings is 1. The van der Waals surface area contributed by atoms with Gasteiger partial charge in [0.15, 0.2) is 0 Å². The molecule has 0 aliphatic heterocycles. The van der Waals surface area contributed by atoms with Gasteiger partial charge in [0.2, 0.25) is 0 Å². The quantitative estimate of drug-likeness (QED) is 0.559. The molecule has 3 N–H and O–H groups in total. The Hall–Kier alpha value is -3.34. The van der Waals surface area contributed by atoms with Crippen molar-refractivity contribution in [2.24, 2.45) is 0 Å². The third-order valence-corrected chi connectivity index (χ3v) is 3.74. The van der Waals surface area contributed by atoms with Gasteiger partial charge >= 0.3 is 0 Å². The average molecular weight is 302 g/mol. The molecule has 0 bridgehead atoms. The van der Waals surface area contributed by atoms with Gasteiger partial charge in [-0.2, -0.15) is 0 Å². The molecule has 0 aliphatic carbocycles. The summed E-state index contributed by atoms with van der Waals surface area (Å²) in [4.78, 5) is 20.5. The Balaban J connectivity index is 1.90. The third kappa shape index (κ3) is 2.28. The molecule has 23 heavy (non-hydrogen) atoms. The second kappa shape index (κ2) is 5.14. The lowest BCUT2D eigenvalue weighted by molar-refractivity contribution is 0.989. The number of imidazole rings is 1. The maximum Gasteiger partial charge on any atom is 0.266 e. The summed E-state index contributed by atoms with van der Waals surface area (Å²) < 4.78 is 1.61. The number of nitrogens with two attached hydrogens (primary N) is 1. The smallest absolute Gasteiger partial charge is 0.266 e. The number of aromatic amines is 1. The van der Waals surface area contributed by atoms with Crippen LogP contribution < -0.4 is 11.3 Å². The largest absolute Gasteiger partial charge is 0.399 e. The molecular formula is C18H14N4O. The number of anilines is 1. The van der Waals surface area contributed by atoms with Crippen molar-refractivity contribution in [3.8, 4) is 17.1 Å². The van der Waals surface area contributed by atoms with Gasteiger partial charge < -0.3 is 10.7 Å². The summed E-state index contributed by atoms with van der Waals surface area (Å²) >= 11 is 0. The summed E-state index contributed by atoms with van der Waals surface area (Å²) in [6.45, 7) is 0. The van der Waals surface area contributed by atoms with E-state index in [2.05, 4.69) is 9.97 Å². The zero-order valence-corrected chi connectivity index (χ0v) is 12.2. The van der Waals surface area contributed by atoms with Crippen LogP contribution in [0.5, 0.6) is 0 Å². The summed E-state index contributed by atoms with van der Waals surface area (Å²) in [5.41, 5.74) is 9.24. The number of nitrogen functional groups attached to an aromatic ring is 1. The van der Waals surface area contributed by atoms with Crippen LogP contribution >= 0.6 is 0 Å². The predicted molar refractivity (Wildman–Crippen MR) is 91.5 cm³/mol. The molecule has 2 heterocycles. The fourth-order valence-corrected chi connectivity index (χ4v) is 2.62. The van der Waals surface area contributed by atoms with Gasteiger partial charge in [-0.3, -0.25) is 9.36 Å². The Morgan fingerprint density at radius 2 is 1.83 bits per heavy atom. The second-order valence-electron chi connectivity index (χ2n) is 5.29. The molecule has 5 heteroatoms. The normalized spacial score (nSPS) is 11.0. The van der Waals surface area contributed by atoms with Gasteiger partial charge in [0.05, 0.1) is 16.6 Å². The topological polar surface area (TPSA) is 76.7 Å². The number of hydrogen-bond donors (Lipinski definition) is 2. The lowest BCUT2D eigenvalue weighted by Crippen LogP contribution is -2.19. The van der Waals surface area contributed by atoms with Crippen LogP contribution in [0.4, 0.5) is 5.69 Å². The van der Waals surface area contributed by atoms with Crippen molar-refractivity contribution < 1.29 is 0 Å². The molecule has 0 saturated carbocycles. The maximum atomic E-state index is 12.8. The van der Waals surface area contributed by atoms with Crippen molar-refractivity contribution in [1.82, 2.24) is 14.5 Å². The third-order valence-electron chi connectivity index (χ3n) is 3.74. The minimum absolute atomic E-state index is 0.120. The lowest BCUT2D eigenvalue weighted by atomic mass is 10.2. The fourth-order valence-electron chi connectivity index (χ4n) is 2.62.